The lowest BCUT2D eigenvalue weighted by molar-refractivity contribution is -0.129. The highest BCUT2D eigenvalue weighted by molar-refractivity contribution is 5.88. The quantitative estimate of drug-likeness (QED) is 0.675. The van der Waals surface area contributed by atoms with Crippen LogP contribution < -0.4 is 9.47 Å². The number of para-hydroxylation sites is 3. The van der Waals surface area contributed by atoms with E-state index in [0.29, 0.717) is 18.9 Å². The maximum atomic E-state index is 12.7. The lowest BCUT2D eigenvalue weighted by Crippen LogP contribution is -2.30. The van der Waals surface area contributed by atoms with Gasteiger partial charge in [-0.25, -0.2) is 0 Å². The summed E-state index contributed by atoms with van der Waals surface area (Å²) < 4.78 is 11.2. The van der Waals surface area contributed by atoms with E-state index in [1.807, 2.05) is 53.6 Å². The molecule has 3 aromatic rings. The van der Waals surface area contributed by atoms with E-state index in [0.717, 1.165) is 53.9 Å². The zero-order valence-electron chi connectivity index (χ0n) is 16.2. The van der Waals surface area contributed by atoms with Crippen molar-refractivity contribution in [3.05, 3.63) is 60.3 Å². The van der Waals surface area contributed by atoms with Crippen molar-refractivity contribution in [3.63, 3.8) is 0 Å². The largest absolute Gasteiger partial charge is 0.493 e. The number of hydrogen-bond acceptors (Lipinski definition) is 3. The summed E-state index contributed by atoms with van der Waals surface area (Å²) in [6.07, 6.45) is 4.38. The Balaban J connectivity index is 1.27. The van der Waals surface area contributed by atoms with Gasteiger partial charge in [0.1, 0.15) is 0 Å². The molecule has 1 N–H and O–H groups in total. The number of carbonyl (C=O) groups excluding carboxylic acids is 1. The van der Waals surface area contributed by atoms with Crippen molar-refractivity contribution in [3.8, 4) is 11.5 Å². The molecule has 1 aliphatic heterocycles. The third-order valence-corrected chi connectivity index (χ3v) is 5.51. The number of likely N-dealkylation sites (tertiary alicyclic amines) is 1. The second kappa shape index (κ2) is 8.38. The predicted octanol–water partition coefficient (Wildman–Crippen LogP) is 4.04. The highest BCUT2D eigenvalue weighted by Crippen LogP contribution is 2.27. The van der Waals surface area contributed by atoms with Gasteiger partial charge in [0.2, 0.25) is 5.91 Å². The summed E-state index contributed by atoms with van der Waals surface area (Å²) >= 11 is 0. The van der Waals surface area contributed by atoms with Gasteiger partial charge in [-0.2, -0.15) is 0 Å². The van der Waals surface area contributed by atoms with Crippen LogP contribution in [0.3, 0.4) is 0 Å². The van der Waals surface area contributed by atoms with E-state index in [4.69, 9.17) is 9.47 Å². The minimum absolute atomic E-state index is 0.206. The molecule has 2 aromatic carbocycles. The molecule has 1 fully saturated rings. The number of aromatic nitrogens is 1. The molecule has 146 valence electrons. The second-order valence-electron chi connectivity index (χ2n) is 7.32. The Kier molecular flexibility index (Phi) is 5.51. The average molecular weight is 378 g/mol. The Morgan fingerprint density at radius 1 is 1.14 bits per heavy atom. The van der Waals surface area contributed by atoms with Gasteiger partial charge in [0, 0.05) is 30.2 Å². The number of methoxy groups -OCH3 is 1. The number of nitrogens with zero attached hydrogens (tertiary/aromatic N) is 1. The molecule has 1 aromatic heterocycles. The number of fused-ring (bicyclic) bond motifs is 1. The molecule has 0 bridgehead atoms. The van der Waals surface area contributed by atoms with E-state index in [2.05, 4.69) is 11.1 Å². The first-order chi connectivity index (χ1) is 13.7. The first kappa shape index (κ1) is 18.4. The van der Waals surface area contributed by atoms with Crippen molar-refractivity contribution in [1.82, 2.24) is 9.88 Å². The summed E-state index contributed by atoms with van der Waals surface area (Å²) in [5, 5.41) is 1.14. The fourth-order valence-electron chi connectivity index (χ4n) is 3.92. The zero-order valence-corrected chi connectivity index (χ0v) is 16.2. The van der Waals surface area contributed by atoms with Crippen LogP contribution in [0.1, 0.15) is 18.4 Å². The van der Waals surface area contributed by atoms with E-state index in [-0.39, 0.29) is 5.91 Å². The molecule has 5 nitrogen and oxygen atoms in total. The molecule has 28 heavy (non-hydrogen) atoms. The third kappa shape index (κ3) is 3.98. The van der Waals surface area contributed by atoms with Crippen LogP contribution in [0.2, 0.25) is 0 Å². The Bertz CT molecular complexity index is 950. The fourth-order valence-corrected chi connectivity index (χ4v) is 3.92. The average Bonchev–Trinajstić information content (AvgIpc) is 3.36. The van der Waals surface area contributed by atoms with Gasteiger partial charge >= 0.3 is 0 Å². The van der Waals surface area contributed by atoms with Gasteiger partial charge in [-0.1, -0.05) is 30.3 Å². The lowest BCUT2D eigenvalue weighted by atomic mass is 10.1. The summed E-state index contributed by atoms with van der Waals surface area (Å²) in [6.45, 7) is 2.28. The maximum Gasteiger partial charge on any atom is 0.227 e. The van der Waals surface area contributed by atoms with Crippen molar-refractivity contribution in [1.29, 1.82) is 0 Å². The smallest absolute Gasteiger partial charge is 0.227 e. The van der Waals surface area contributed by atoms with Crippen LogP contribution in [0.5, 0.6) is 11.5 Å². The van der Waals surface area contributed by atoms with Crippen molar-refractivity contribution in [2.75, 3.05) is 26.8 Å². The number of nitrogens with one attached hydrogen (secondary N) is 1. The van der Waals surface area contributed by atoms with E-state index in [9.17, 15) is 4.79 Å². The number of carbonyl (C=O) groups is 1. The molecular formula is C23H26N2O3. The van der Waals surface area contributed by atoms with Crippen molar-refractivity contribution in [2.24, 2.45) is 5.92 Å². The zero-order chi connectivity index (χ0) is 19.3. The van der Waals surface area contributed by atoms with Crippen LogP contribution in [0.15, 0.2) is 54.7 Å². The molecule has 1 amide bonds. The topological polar surface area (TPSA) is 54.6 Å². The van der Waals surface area contributed by atoms with Gasteiger partial charge in [-0.3, -0.25) is 4.79 Å². The summed E-state index contributed by atoms with van der Waals surface area (Å²) in [5.74, 6) is 2.22. The van der Waals surface area contributed by atoms with E-state index in [1.165, 1.54) is 0 Å². The van der Waals surface area contributed by atoms with Crippen molar-refractivity contribution < 1.29 is 14.3 Å². The highest BCUT2D eigenvalue weighted by atomic mass is 16.5. The number of ether oxygens (including phenoxy) is 2. The monoisotopic (exact) mass is 378 g/mol. The summed E-state index contributed by atoms with van der Waals surface area (Å²) in [7, 11) is 1.65. The Hall–Kier alpha value is -2.95. The molecule has 1 atom stereocenters. The first-order valence-electron chi connectivity index (χ1n) is 9.83. The molecule has 0 aliphatic carbocycles. The minimum atomic E-state index is 0.206. The molecule has 1 aliphatic rings. The van der Waals surface area contributed by atoms with Crippen molar-refractivity contribution in [2.45, 2.75) is 19.3 Å². The number of H-pyrrole nitrogens is 1. The summed E-state index contributed by atoms with van der Waals surface area (Å²) in [4.78, 5) is 18.0. The second-order valence-corrected chi connectivity index (χ2v) is 7.32. The highest BCUT2D eigenvalue weighted by Gasteiger charge is 2.26. The summed E-state index contributed by atoms with van der Waals surface area (Å²) in [6, 6.07) is 15.8. The minimum Gasteiger partial charge on any atom is -0.493 e. The van der Waals surface area contributed by atoms with Gasteiger partial charge in [-0.15, -0.1) is 0 Å². The van der Waals surface area contributed by atoms with Crippen LogP contribution in [0, 0.1) is 5.92 Å². The van der Waals surface area contributed by atoms with E-state index in [1.54, 1.807) is 7.11 Å². The normalized spacial score (nSPS) is 16.5. The fraction of sp³-hybridized carbons (Fsp3) is 0.348. The maximum absolute atomic E-state index is 12.7. The Morgan fingerprint density at radius 3 is 2.79 bits per heavy atom. The first-order valence-corrected chi connectivity index (χ1v) is 9.83. The molecule has 1 unspecified atom stereocenters. The Morgan fingerprint density at radius 2 is 1.93 bits per heavy atom. The van der Waals surface area contributed by atoms with E-state index >= 15 is 0 Å². The number of hydrogen-bond donors (Lipinski definition) is 1. The van der Waals surface area contributed by atoms with Crippen LogP contribution in [-0.4, -0.2) is 42.6 Å². The van der Waals surface area contributed by atoms with Crippen molar-refractivity contribution >= 4 is 16.8 Å². The SMILES string of the molecule is COc1ccccc1OCCC1CCN(C(=O)Cc2c[nH]c3ccccc23)C1. The number of amides is 1. The van der Waals surface area contributed by atoms with Crippen LogP contribution in [0.4, 0.5) is 0 Å². The predicted molar refractivity (Wildman–Crippen MR) is 110 cm³/mol. The molecule has 0 spiro atoms. The molecule has 5 heteroatoms. The van der Waals surface area contributed by atoms with Gasteiger partial charge < -0.3 is 19.4 Å². The standard InChI is InChI=1S/C23H26N2O3/c1-27-21-8-4-5-9-22(21)28-13-11-17-10-12-25(16-17)23(26)14-18-15-24-20-7-3-2-6-19(18)20/h2-9,15,17,24H,10-14,16H2,1H3. The molecular weight excluding hydrogens is 352 g/mol. The van der Waals surface area contributed by atoms with Gasteiger partial charge in [0.25, 0.3) is 0 Å². The van der Waals surface area contributed by atoms with Crippen LogP contribution >= 0.6 is 0 Å². The lowest BCUT2D eigenvalue weighted by Gasteiger charge is -2.17. The number of rotatable bonds is 7. The van der Waals surface area contributed by atoms with Gasteiger partial charge in [0.15, 0.2) is 11.5 Å². The summed E-state index contributed by atoms with van der Waals surface area (Å²) in [5.41, 5.74) is 2.15. The molecule has 1 saturated heterocycles. The Labute approximate surface area is 165 Å². The van der Waals surface area contributed by atoms with Gasteiger partial charge in [0.05, 0.1) is 20.1 Å². The van der Waals surface area contributed by atoms with Crippen LogP contribution in [0.25, 0.3) is 10.9 Å². The third-order valence-electron chi connectivity index (χ3n) is 5.51. The number of aromatic amines is 1. The number of benzene rings is 2. The molecule has 0 radical (unpaired) electrons. The molecule has 2 heterocycles. The van der Waals surface area contributed by atoms with Gasteiger partial charge in [-0.05, 0) is 42.5 Å². The van der Waals surface area contributed by atoms with E-state index < -0.39 is 0 Å². The molecule has 0 saturated carbocycles. The van der Waals surface area contributed by atoms with Crippen LogP contribution in [-0.2, 0) is 11.2 Å². The molecule has 4 rings (SSSR count).